The van der Waals surface area contributed by atoms with Crippen molar-refractivity contribution in [2.45, 2.75) is 56.8 Å². The Balaban J connectivity index is 1.53. The van der Waals surface area contributed by atoms with E-state index in [1.54, 1.807) is 32.0 Å². The number of ether oxygens (including phenoxy) is 1. The molecule has 0 saturated heterocycles. The molecule has 0 aliphatic heterocycles. The van der Waals surface area contributed by atoms with Crippen LogP contribution in [0.15, 0.2) is 65.1 Å². The average molecular weight is 743 g/mol. The first-order chi connectivity index (χ1) is 22.1. The minimum atomic E-state index is -4.48. The Hall–Kier alpha value is -3.40. The number of aliphatic hydroxyl groups excluding tert-OH is 1. The Bertz CT molecular complexity index is 1640. The number of pyridine rings is 1. The molecule has 2 atom stereocenters. The summed E-state index contributed by atoms with van der Waals surface area (Å²) < 4.78 is 73.0. The number of halogens is 4. The minimum Gasteiger partial charge on any atom is -0.491 e. The van der Waals surface area contributed by atoms with Gasteiger partial charge in [-0.25, -0.2) is 13.4 Å². The molecule has 1 aliphatic rings. The van der Waals surface area contributed by atoms with Gasteiger partial charge in [-0.15, -0.1) is 0 Å². The van der Waals surface area contributed by atoms with Crippen LogP contribution in [0.3, 0.4) is 0 Å². The van der Waals surface area contributed by atoms with Gasteiger partial charge in [0, 0.05) is 36.7 Å². The minimum absolute atomic E-state index is 0.0362. The Morgan fingerprint density at radius 1 is 1.13 bits per heavy atom. The number of carbonyl (C=O) groups excluding carboxylic acids is 1. The molecule has 0 bridgehead atoms. The van der Waals surface area contributed by atoms with E-state index >= 15 is 0 Å². The van der Waals surface area contributed by atoms with E-state index in [4.69, 9.17) is 4.74 Å². The van der Waals surface area contributed by atoms with E-state index in [0.29, 0.717) is 29.6 Å². The van der Waals surface area contributed by atoms with Crippen LogP contribution < -0.4 is 25.0 Å². The molecule has 256 valence electrons. The van der Waals surface area contributed by atoms with Crippen LogP contribution in [0, 0.1) is 5.92 Å². The molecule has 0 unspecified atom stereocenters. The summed E-state index contributed by atoms with van der Waals surface area (Å²) in [5, 5.41) is 19.4. The van der Waals surface area contributed by atoms with E-state index in [9.17, 15) is 31.5 Å². The first-order valence-corrected chi connectivity index (χ1v) is 17.4. The molecule has 4 rings (SSSR count). The van der Waals surface area contributed by atoms with E-state index in [2.05, 4.69) is 36.9 Å². The van der Waals surface area contributed by atoms with Gasteiger partial charge in [0.05, 0.1) is 23.0 Å². The molecule has 1 aliphatic carbocycles. The van der Waals surface area contributed by atoms with Crippen LogP contribution in [-0.2, 0) is 22.7 Å². The van der Waals surface area contributed by atoms with E-state index in [-0.39, 0.29) is 31.1 Å². The van der Waals surface area contributed by atoms with Crippen molar-refractivity contribution in [2.24, 2.45) is 5.92 Å². The van der Waals surface area contributed by atoms with Crippen molar-refractivity contribution < 1.29 is 36.2 Å². The lowest BCUT2D eigenvalue weighted by Crippen LogP contribution is -2.50. The topological polar surface area (TPSA) is 133 Å². The highest BCUT2D eigenvalue weighted by molar-refractivity contribution is 9.10. The van der Waals surface area contributed by atoms with Crippen molar-refractivity contribution in [3.63, 3.8) is 0 Å². The average Bonchev–Trinajstić information content (AvgIpc) is 3.86. The normalized spacial score (nSPS) is 14.8. The zero-order valence-electron chi connectivity index (χ0n) is 26.2. The van der Waals surface area contributed by atoms with Gasteiger partial charge in [-0.3, -0.25) is 9.10 Å². The van der Waals surface area contributed by atoms with Gasteiger partial charge in [0.15, 0.2) is 0 Å². The van der Waals surface area contributed by atoms with Gasteiger partial charge in [-0.2, -0.15) is 13.2 Å². The Labute approximate surface area is 281 Å². The number of carbonyl (C=O) groups is 1. The number of anilines is 2. The molecule has 47 heavy (non-hydrogen) atoms. The summed E-state index contributed by atoms with van der Waals surface area (Å²) in [4.78, 5) is 18.1. The molecule has 2 aromatic carbocycles. The van der Waals surface area contributed by atoms with Crippen LogP contribution in [0.2, 0.25) is 0 Å². The molecule has 3 aromatic rings. The van der Waals surface area contributed by atoms with Crippen molar-refractivity contribution in [1.82, 2.24) is 15.6 Å². The van der Waals surface area contributed by atoms with Gasteiger partial charge < -0.3 is 25.8 Å². The number of aliphatic hydroxyl groups is 1. The maximum absolute atomic E-state index is 13.7. The van der Waals surface area contributed by atoms with E-state index < -0.39 is 45.1 Å². The maximum Gasteiger partial charge on any atom is 0.416 e. The molecule has 1 aromatic heterocycles. The van der Waals surface area contributed by atoms with Crippen LogP contribution in [-0.4, -0.2) is 68.6 Å². The lowest BCUT2D eigenvalue weighted by molar-refractivity contribution is -0.137. The highest BCUT2D eigenvalue weighted by Crippen LogP contribution is 2.30. The fourth-order valence-electron chi connectivity index (χ4n) is 4.52. The van der Waals surface area contributed by atoms with Crippen LogP contribution in [0.5, 0.6) is 5.75 Å². The molecular formula is C32H39BrF3N5O5S. The van der Waals surface area contributed by atoms with Crippen molar-refractivity contribution >= 4 is 43.5 Å². The van der Waals surface area contributed by atoms with E-state index in [0.717, 1.165) is 33.8 Å². The van der Waals surface area contributed by atoms with E-state index in [1.165, 1.54) is 31.3 Å². The number of hydrogen-bond donors (Lipinski definition) is 4. The molecule has 10 nitrogen and oxygen atoms in total. The third kappa shape index (κ3) is 10.5. The summed E-state index contributed by atoms with van der Waals surface area (Å²) in [6.07, 6.45) is -3.57. The van der Waals surface area contributed by atoms with Gasteiger partial charge >= 0.3 is 6.18 Å². The SMILES string of the molecule is CC(C)S(=O)(=O)N(C)c1cc(C(=O)N[C@@H](COc2cccc(Br)c2)[C@H](O)CNCc2cccc(C(F)(F)F)c2)cc(NCC2CC2)n1. The summed E-state index contributed by atoms with van der Waals surface area (Å²) in [6, 6.07) is 13.8. The maximum atomic E-state index is 13.7. The molecule has 1 amide bonds. The summed E-state index contributed by atoms with van der Waals surface area (Å²) in [6.45, 7) is 3.52. The second-order valence-corrected chi connectivity index (χ2v) is 15.2. The predicted molar refractivity (Wildman–Crippen MR) is 178 cm³/mol. The number of aromatic nitrogens is 1. The zero-order valence-corrected chi connectivity index (χ0v) is 28.6. The van der Waals surface area contributed by atoms with E-state index in [1.807, 2.05) is 6.07 Å². The second-order valence-electron chi connectivity index (χ2n) is 11.7. The number of nitrogens with zero attached hydrogens (tertiary/aromatic N) is 2. The van der Waals surface area contributed by atoms with Crippen molar-refractivity contribution in [2.75, 3.05) is 36.4 Å². The Kier molecular flexibility index (Phi) is 12.1. The number of benzene rings is 2. The Morgan fingerprint density at radius 2 is 1.85 bits per heavy atom. The monoisotopic (exact) mass is 741 g/mol. The highest BCUT2D eigenvalue weighted by Gasteiger charge is 2.31. The number of hydrogen-bond acceptors (Lipinski definition) is 8. The van der Waals surface area contributed by atoms with Crippen LogP contribution >= 0.6 is 15.9 Å². The molecule has 1 heterocycles. The van der Waals surface area contributed by atoms with Crippen molar-refractivity contribution in [3.8, 4) is 5.75 Å². The lowest BCUT2D eigenvalue weighted by Gasteiger charge is -2.26. The van der Waals surface area contributed by atoms with Gasteiger partial charge in [-0.1, -0.05) is 40.2 Å². The fourth-order valence-corrected chi connectivity index (χ4v) is 5.89. The predicted octanol–water partition coefficient (Wildman–Crippen LogP) is 5.19. The highest BCUT2D eigenvalue weighted by atomic mass is 79.9. The fraction of sp³-hybridized carbons (Fsp3) is 0.438. The number of amides is 1. The van der Waals surface area contributed by atoms with Gasteiger partial charge in [-0.05, 0) is 74.6 Å². The van der Waals surface area contributed by atoms with Gasteiger partial charge in [0.25, 0.3) is 5.91 Å². The third-order valence-corrected chi connectivity index (χ3v) is 10.2. The number of nitrogens with one attached hydrogen (secondary N) is 3. The van der Waals surface area contributed by atoms with Crippen LogP contribution in [0.4, 0.5) is 24.8 Å². The zero-order chi connectivity index (χ0) is 34.4. The van der Waals surface area contributed by atoms with Crippen molar-refractivity contribution in [3.05, 3.63) is 81.8 Å². The molecular weight excluding hydrogens is 703 g/mol. The molecule has 4 N–H and O–H groups in total. The quantitative estimate of drug-likeness (QED) is 0.158. The molecule has 0 spiro atoms. The molecule has 0 radical (unpaired) electrons. The van der Waals surface area contributed by atoms with Crippen molar-refractivity contribution in [1.29, 1.82) is 0 Å². The summed E-state index contributed by atoms with van der Waals surface area (Å²) in [5.74, 6) is 0.720. The molecule has 1 fully saturated rings. The van der Waals surface area contributed by atoms with Gasteiger partial charge in [0.2, 0.25) is 10.0 Å². The summed E-state index contributed by atoms with van der Waals surface area (Å²) >= 11 is 3.38. The number of rotatable bonds is 16. The van der Waals surface area contributed by atoms with Gasteiger partial charge in [0.1, 0.15) is 24.0 Å². The van der Waals surface area contributed by atoms with Crippen LogP contribution in [0.25, 0.3) is 0 Å². The summed E-state index contributed by atoms with van der Waals surface area (Å²) in [5.41, 5.74) is -0.302. The van der Waals surface area contributed by atoms with Crippen LogP contribution in [0.1, 0.15) is 48.2 Å². The third-order valence-electron chi connectivity index (χ3n) is 7.59. The lowest BCUT2D eigenvalue weighted by atomic mass is 10.1. The summed E-state index contributed by atoms with van der Waals surface area (Å²) in [7, 11) is -2.38. The largest absolute Gasteiger partial charge is 0.491 e. The first kappa shape index (κ1) is 36.4. The number of sulfonamides is 1. The molecule has 1 saturated carbocycles. The Morgan fingerprint density at radius 3 is 2.51 bits per heavy atom. The second kappa shape index (κ2) is 15.7. The first-order valence-electron chi connectivity index (χ1n) is 15.1. The molecule has 15 heteroatoms. The smallest absolute Gasteiger partial charge is 0.416 e. The standard InChI is InChI=1S/C32H39BrF3N5O5S/c1-20(2)47(44,45)41(3)30-14-23(13-29(40-30)38-17-21-10-11-21)31(43)39-27(19-46-26-9-5-8-25(33)15-26)28(42)18-37-16-22-6-4-7-24(12-22)32(34,35)36/h4-9,12-15,20-21,27-28,37,42H,10-11,16-19H2,1-3H3,(H,38,40)(H,39,43)/t27-,28+/m0/s1. The number of alkyl halides is 3.